The first-order chi connectivity index (χ1) is 6.77. The second-order valence-electron chi connectivity index (χ2n) is 3.69. The van der Waals surface area contributed by atoms with Gasteiger partial charge in [-0.05, 0) is 6.42 Å². The van der Waals surface area contributed by atoms with Crippen LogP contribution in [0.25, 0.3) is 0 Å². The molecule has 0 aromatic rings. The molecule has 1 aliphatic rings. The lowest BCUT2D eigenvalue weighted by Crippen LogP contribution is -2.35. The highest BCUT2D eigenvalue weighted by Crippen LogP contribution is 2.08. The summed E-state index contributed by atoms with van der Waals surface area (Å²) in [6.45, 7) is 3.39. The van der Waals surface area contributed by atoms with E-state index in [-0.39, 0.29) is 0 Å². The fourth-order valence-corrected chi connectivity index (χ4v) is 1.05. The van der Waals surface area contributed by atoms with Gasteiger partial charge in [-0.2, -0.15) is 0 Å². The summed E-state index contributed by atoms with van der Waals surface area (Å²) < 4.78 is 28.1. The molecule has 1 atom stereocenters. The third kappa shape index (κ3) is 9.58. The van der Waals surface area contributed by atoms with E-state index < -0.39 is 10.1 Å². The molecule has 0 aromatic heterocycles. The SMILES string of the molecule is CCCC[N+]1(C)C=CN=C1.CS(=O)(=O)[O-]. The Kier molecular flexibility index (Phi) is 5.71. The molecule has 5 nitrogen and oxygen atoms in total. The molecule has 0 saturated heterocycles. The van der Waals surface area contributed by atoms with Gasteiger partial charge in [0.25, 0.3) is 0 Å². The third-order valence-corrected chi connectivity index (χ3v) is 1.82. The Morgan fingerprint density at radius 1 is 1.47 bits per heavy atom. The monoisotopic (exact) mass is 234 g/mol. The zero-order valence-corrected chi connectivity index (χ0v) is 10.2. The van der Waals surface area contributed by atoms with E-state index in [9.17, 15) is 0 Å². The summed E-state index contributed by atoms with van der Waals surface area (Å²) in [5.41, 5.74) is 0. The average molecular weight is 234 g/mol. The maximum Gasteiger partial charge on any atom is 0.194 e. The molecule has 88 valence electrons. The van der Waals surface area contributed by atoms with Crippen LogP contribution in [-0.4, -0.2) is 43.6 Å². The molecule has 15 heavy (non-hydrogen) atoms. The highest BCUT2D eigenvalue weighted by atomic mass is 32.2. The Morgan fingerprint density at radius 2 is 2.00 bits per heavy atom. The molecule has 0 fully saturated rings. The fraction of sp³-hybridized carbons (Fsp3) is 0.667. The molecule has 1 heterocycles. The van der Waals surface area contributed by atoms with Gasteiger partial charge in [-0.3, -0.25) is 4.48 Å². The minimum Gasteiger partial charge on any atom is -0.748 e. The van der Waals surface area contributed by atoms with Crippen LogP contribution in [0.4, 0.5) is 0 Å². The van der Waals surface area contributed by atoms with E-state index >= 15 is 0 Å². The standard InChI is InChI=1S/C8H15N2.CH4O3S/c1-3-4-6-10(2)7-5-9-8-10;1-5(2,3)4/h5,7-8H,3-4,6H2,1-2H3;1H3,(H,2,3,4)/q+1;/p-1. The normalized spacial score (nSPS) is 23.7. The lowest BCUT2D eigenvalue weighted by molar-refractivity contribution is -0.756. The molecule has 0 N–H and O–H groups in total. The maximum absolute atomic E-state index is 9.08. The zero-order chi connectivity index (χ0) is 11.9. The first kappa shape index (κ1) is 14.3. The van der Waals surface area contributed by atoms with E-state index in [0.29, 0.717) is 6.26 Å². The summed E-state index contributed by atoms with van der Waals surface area (Å²) in [5, 5.41) is 0. The predicted octanol–water partition coefficient (Wildman–Crippen LogP) is 0.908. The fourth-order valence-electron chi connectivity index (χ4n) is 1.05. The van der Waals surface area contributed by atoms with Crippen molar-refractivity contribution < 1.29 is 17.5 Å². The van der Waals surface area contributed by atoms with E-state index in [1.54, 1.807) is 0 Å². The Bertz CT molecular complexity index is 313. The quantitative estimate of drug-likeness (QED) is 0.538. The molecule has 0 bridgehead atoms. The lowest BCUT2D eigenvalue weighted by Gasteiger charge is -2.20. The van der Waals surface area contributed by atoms with Gasteiger partial charge in [-0.15, -0.1) is 0 Å². The second-order valence-corrected chi connectivity index (χ2v) is 5.10. The zero-order valence-electron chi connectivity index (χ0n) is 9.38. The van der Waals surface area contributed by atoms with Crippen molar-refractivity contribution in [3.63, 3.8) is 0 Å². The Balaban J connectivity index is 0.000000336. The minimum atomic E-state index is -3.92. The molecular formula is C9H18N2O3S. The van der Waals surface area contributed by atoms with Crippen molar-refractivity contribution in [2.24, 2.45) is 4.99 Å². The molecule has 1 unspecified atom stereocenters. The van der Waals surface area contributed by atoms with Crippen LogP contribution in [0.2, 0.25) is 0 Å². The molecular weight excluding hydrogens is 216 g/mol. The number of unbranched alkanes of at least 4 members (excludes halogenated alkanes) is 1. The van der Waals surface area contributed by atoms with E-state index in [1.165, 1.54) is 19.4 Å². The van der Waals surface area contributed by atoms with E-state index in [0.717, 1.165) is 4.48 Å². The van der Waals surface area contributed by atoms with Crippen LogP contribution in [0.3, 0.4) is 0 Å². The highest BCUT2D eigenvalue weighted by Gasteiger charge is 2.17. The largest absolute Gasteiger partial charge is 0.748 e. The number of hydrogen-bond donors (Lipinski definition) is 0. The topological polar surface area (TPSA) is 69.6 Å². The predicted molar refractivity (Wildman–Crippen MR) is 59.2 cm³/mol. The second kappa shape index (κ2) is 5.99. The molecule has 0 spiro atoms. The smallest absolute Gasteiger partial charge is 0.194 e. The third-order valence-electron chi connectivity index (χ3n) is 1.82. The van der Waals surface area contributed by atoms with Crippen molar-refractivity contribution in [1.29, 1.82) is 0 Å². The van der Waals surface area contributed by atoms with Gasteiger partial charge in [0.2, 0.25) is 0 Å². The van der Waals surface area contributed by atoms with Crippen LogP contribution in [0.1, 0.15) is 19.8 Å². The maximum atomic E-state index is 9.08. The van der Waals surface area contributed by atoms with Crippen LogP contribution >= 0.6 is 0 Å². The van der Waals surface area contributed by atoms with E-state index in [4.69, 9.17) is 13.0 Å². The van der Waals surface area contributed by atoms with Gasteiger partial charge in [-0.1, -0.05) is 13.3 Å². The van der Waals surface area contributed by atoms with Gasteiger partial charge in [0.1, 0.15) is 6.20 Å². The van der Waals surface area contributed by atoms with Crippen LogP contribution < -0.4 is 0 Å². The number of hydrogen-bond acceptors (Lipinski definition) is 4. The number of nitrogens with zero attached hydrogens (tertiary/aromatic N) is 2. The minimum absolute atomic E-state index is 0.604. The van der Waals surface area contributed by atoms with Crippen LogP contribution in [-0.2, 0) is 10.1 Å². The summed E-state index contributed by atoms with van der Waals surface area (Å²) >= 11 is 0. The van der Waals surface area contributed by atoms with Crippen molar-refractivity contribution in [3.05, 3.63) is 12.4 Å². The molecule has 0 aromatic carbocycles. The molecule has 0 radical (unpaired) electrons. The van der Waals surface area contributed by atoms with Gasteiger partial charge in [0.05, 0.1) is 29.9 Å². The van der Waals surface area contributed by atoms with Gasteiger partial charge in [-0.25, -0.2) is 13.4 Å². The van der Waals surface area contributed by atoms with E-state index in [1.807, 2.05) is 12.5 Å². The summed E-state index contributed by atoms with van der Waals surface area (Å²) in [7, 11) is -1.75. The molecule has 0 saturated carbocycles. The first-order valence-corrected chi connectivity index (χ1v) is 6.56. The van der Waals surface area contributed by atoms with Gasteiger partial charge >= 0.3 is 0 Å². The van der Waals surface area contributed by atoms with Gasteiger partial charge < -0.3 is 4.55 Å². The van der Waals surface area contributed by atoms with Crippen LogP contribution in [0.5, 0.6) is 0 Å². The van der Waals surface area contributed by atoms with Gasteiger partial charge in [0.15, 0.2) is 6.34 Å². The number of quaternary nitrogens is 1. The van der Waals surface area contributed by atoms with E-state index in [2.05, 4.69) is 25.2 Å². The summed E-state index contributed by atoms with van der Waals surface area (Å²) in [4.78, 5) is 4.06. The molecule has 0 amide bonds. The summed E-state index contributed by atoms with van der Waals surface area (Å²) in [6.07, 6.45) is 9.11. The van der Waals surface area contributed by atoms with Crippen molar-refractivity contribution in [2.75, 3.05) is 19.8 Å². The van der Waals surface area contributed by atoms with Crippen molar-refractivity contribution >= 4 is 16.5 Å². The Labute approximate surface area is 91.5 Å². The molecule has 1 rings (SSSR count). The Hall–Kier alpha value is -0.720. The summed E-state index contributed by atoms with van der Waals surface area (Å²) in [6, 6.07) is 0. The van der Waals surface area contributed by atoms with Crippen molar-refractivity contribution in [1.82, 2.24) is 0 Å². The highest BCUT2D eigenvalue weighted by molar-refractivity contribution is 7.84. The molecule has 6 heteroatoms. The lowest BCUT2D eigenvalue weighted by atomic mass is 10.3. The Morgan fingerprint density at radius 3 is 2.33 bits per heavy atom. The average Bonchev–Trinajstić information content (AvgIpc) is 2.46. The van der Waals surface area contributed by atoms with Crippen molar-refractivity contribution in [2.45, 2.75) is 19.8 Å². The van der Waals surface area contributed by atoms with Crippen LogP contribution in [0.15, 0.2) is 17.4 Å². The number of aliphatic imine (C=N–C) groups is 1. The van der Waals surface area contributed by atoms with Crippen molar-refractivity contribution in [3.8, 4) is 0 Å². The van der Waals surface area contributed by atoms with Gasteiger partial charge in [0, 0.05) is 6.26 Å². The van der Waals surface area contributed by atoms with Crippen LogP contribution in [0, 0.1) is 0 Å². The first-order valence-electron chi connectivity index (χ1n) is 4.74. The molecule has 0 aliphatic carbocycles. The summed E-state index contributed by atoms with van der Waals surface area (Å²) in [5.74, 6) is 0. The molecule has 1 aliphatic heterocycles. The number of rotatable bonds is 3.